The van der Waals surface area contributed by atoms with Crippen LogP contribution in [0.1, 0.15) is 51.9 Å². The van der Waals surface area contributed by atoms with E-state index < -0.39 is 0 Å². The highest BCUT2D eigenvalue weighted by atomic mass is 14.8. The van der Waals surface area contributed by atoms with Crippen molar-refractivity contribution in [3.05, 3.63) is 12.4 Å². The first-order chi connectivity index (χ1) is 6.41. The molecular formula is C11H24N2. The van der Waals surface area contributed by atoms with Gasteiger partial charge in [0.05, 0.1) is 0 Å². The van der Waals surface area contributed by atoms with Crippen LogP contribution in [0.25, 0.3) is 0 Å². The summed E-state index contributed by atoms with van der Waals surface area (Å²) in [6, 6.07) is 0. The average molecular weight is 184 g/mol. The lowest BCUT2D eigenvalue weighted by Gasteiger charge is -2.01. The van der Waals surface area contributed by atoms with Gasteiger partial charge in [-0.1, -0.05) is 45.4 Å². The van der Waals surface area contributed by atoms with Crippen molar-refractivity contribution in [2.45, 2.75) is 51.9 Å². The number of unbranched alkanes of at least 4 members (excludes halogenated alkanes) is 6. The van der Waals surface area contributed by atoms with Crippen LogP contribution in [0.3, 0.4) is 0 Å². The van der Waals surface area contributed by atoms with Crippen LogP contribution < -0.4 is 11.1 Å². The Morgan fingerprint density at radius 2 is 1.62 bits per heavy atom. The van der Waals surface area contributed by atoms with Crippen LogP contribution in [-0.4, -0.2) is 6.54 Å². The van der Waals surface area contributed by atoms with Crippen molar-refractivity contribution < 1.29 is 0 Å². The summed E-state index contributed by atoms with van der Waals surface area (Å²) in [5, 5.41) is 3.13. The SMILES string of the molecule is CCCCCCCCCN/C=C/N. The standard InChI is InChI=1S/C11H24N2/c1-2-3-4-5-6-7-8-10-13-11-9-12/h9,11,13H,2-8,10,12H2,1H3/b11-9+. The Kier molecular flexibility index (Phi) is 10.8. The van der Waals surface area contributed by atoms with Crippen molar-refractivity contribution in [3.8, 4) is 0 Å². The summed E-state index contributed by atoms with van der Waals surface area (Å²) in [4.78, 5) is 0. The lowest BCUT2D eigenvalue weighted by molar-refractivity contribution is 0.582. The molecule has 0 rings (SSSR count). The van der Waals surface area contributed by atoms with E-state index in [0.717, 1.165) is 6.54 Å². The molecule has 0 amide bonds. The molecule has 0 heterocycles. The first kappa shape index (κ1) is 12.3. The van der Waals surface area contributed by atoms with Crippen LogP contribution in [0.5, 0.6) is 0 Å². The molecule has 2 heteroatoms. The third-order valence-electron chi connectivity index (χ3n) is 2.14. The summed E-state index contributed by atoms with van der Waals surface area (Å²) in [7, 11) is 0. The minimum Gasteiger partial charge on any atom is -0.403 e. The molecule has 0 saturated carbocycles. The van der Waals surface area contributed by atoms with Gasteiger partial charge in [-0.3, -0.25) is 0 Å². The number of rotatable bonds is 9. The predicted molar refractivity (Wildman–Crippen MR) is 59.3 cm³/mol. The van der Waals surface area contributed by atoms with Gasteiger partial charge >= 0.3 is 0 Å². The summed E-state index contributed by atoms with van der Waals surface area (Å²) in [5.41, 5.74) is 5.18. The molecule has 13 heavy (non-hydrogen) atoms. The molecule has 2 nitrogen and oxygen atoms in total. The molecular weight excluding hydrogens is 160 g/mol. The summed E-state index contributed by atoms with van der Waals surface area (Å²) >= 11 is 0. The van der Waals surface area contributed by atoms with E-state index in [9.17, 15) is 0 Å². The van der Waals surface area contributed by atoms with Crippen molar-refractivity contribution in [2.75, 3.05) is 6.54 Å². The highest BCUT2D eigenvalue weighted by Crippen LogP contribution is 2.05. The lowest BCUT2D eigenvalue weighted by atomic mass is 10.1. The van der Waals surface area contributed by atoms with Crippen LogP contribution in [0.2, 0.25) is 0 Å². The first-order valence-electron chi connectivity index (χ1n) is 5.52. The van der Waals surface area contributed by atoms with E-state index in [1.807, 2.05) is 0 Å². The maximum absolute atomic E-state index is 5.18. The van der Waals surface area contributed by atoms with Gasteiger partial charge in [-0.15, -0.1) is 0 Å². The Bertz CT molecular complexity index is 111. The topological polar surface area (TPSA) is 38.0 Å². The Morgan fingerprint density at radius 1 is 1.00 bits per heavy atom. The number of hydrogen-bond acceptors (Lipinski definition) is 2. The Hall–Kier alpha value is -0.660. The van der Waals surface area contributed by atoms with E-state index in [4.69, 9.17) is 5.73 Å². The van der Waals surface area contributed by atoms with Crippen LogP contribution in [0, 0.1) is 0 Å². The predicted octanol–water partition coefficient (Wildman–Crippen LogP) is 2.76. The smallest absolute Gasteiger partial charge is 0.0141 e. The molecule has 0 aromatic carbocycles. The average Bonchev–Trinajstić information content (AvgIpc) is 2.16. The maximum Gasteiger partial charge on any atom is 0.0141 e. The lowest BCUT2D eigenvalue weighted by Crippen LogP contribution is -2.07. The molecule has 3 N–H and O–H groups in total. The van der Waals surface area contributed by atoms with Crippen molar-refractivity contribution >= 4 is 0 Å². The van der Waals surface area contributed by atoms with Crippen molar-refractivity contribution in [3.63, 3.8) is 0 Å². The van der Waals surface area contributed by atoms with E-state index in [1.54, 1.807) is 12.4 Å². The Morgan fingerprint density at radius 3 is 2.23 bits per heavy atom. The molecule has 0 radical (unpaired) electrons. The quantitative estimate of drug-likeness (QED) is 0.541. The van der Waals surface area contributed by atoms with Crippen molar-refractivity contribution in [1.29, 1.82) is 0 Å². The van der Waals surface area contributed by atoms with Gasteiger partial charge in [0.1, 0.15) is 0 Å². The maximum atomic E-state index is 5.18. The minimum absolute atomic E-state index is 1.06. The highest BCUT2D eigenvalue weighted by molar-refractivity contribution is 4.71. The highest BCUT2D eigenvalue weighted by Gasteiger charge is 1.89. The molecule has 0 aromatic heterocycles. The minimum atomic E-state index is 1.06. The first-order valence-corrected chi connectivity index (χ1v) is 5.52. The number of hydrogen-bond donors (Lipinski definition) is 2. The summed E-state index contributed by atoms with van der Waals surface area (Å²) in [5.74, 6) is 0. The van der Waals surface area contributed by atoms with Gasteiger partial charge in [-0.05, 0) is 6.42 Å². The Balaban J connectivity index is 2.83. The van der Waals surface area contributed by atoms with Gasteiger partial charge in [-0.2, -0.15) is 0 Å². The fourth-order valence-electron chi connectivity index (χ4n) is 1.34. The van der Waals surface area contributed by atoms with Gasteiger partial charge in [0.15, 0.2) is 0 Å². The molecule has 0 atom stereocenters. The number of nitrogens with one attached hydrogen (secondary N) is 1. The van der Waals surface area contributed by atoms with Gasteiger partial charge in [0.2, 0.25) is 0 Å². The van der Waals surface area contributed by atoms with Crippen LogP contribution >= 0.6 is 0 Å². The van der Waals surface area contributed by atoms with Gasteiger partial charge in [-0.25, -0.2) is 0 Å². The van der Waals surface area contributed by atoms with Gasteiger partial charge < -0.3 is 11.1 Å². The van der Waals surface area contributed by atoms with Gasteiger partial charge in [0, 0.05) is 18.9 Å². The molecule has 0 aliphatic carbocycles. The Labute approximate surface area is 82.6 Å². The van der Waals surface area contributed by atoms with E-state index in [1.165, 1.54) is 44.9 Å². The third-order valence-corrected chi connectivity index (χ3v) is 2.14. The normalized spacial score (nSPS) is 10.8. The molecule has 0 saturated heterocycles. The molecule has 0 bridgehead atoms. The monoisotopic (exact) mass is 184 g/mol. The fraction of sp³-hybridized carbons (Fsp3) is 0.818. The fourth-order valence-corrected chi connectivity index (χ4v) is 1.34. The van der Waals surface area contributed by atoms with Crippen molar-refractivity contribution in [2.24, 2.45) is 5.73 Å². The van der Waals surface area contributed by atoms with E-state index >= 15 is 0 Å². The molecule has 0 unspecified atom stereocenters. The largest absolute Gasteiger partial charge is 0.403 e. The van der Waals surface area contributed by atoms with Crippen LogP contribution in [0.4, 0.5) is 0 Å². The zero-order valence-corrected chi connectivity index (χ0v) is 8.89. The van der Waals surface area contributed by atoms with Crippen LogP contribution in [0.15, 0.2) is 12.4 Å². The summed E-state index contributed by atoms with van der Waals surface area (Å²) in [6.45, 7) is 3.31. The third kappa shape index (κ3) is 11.3. The molecule has 0 aliphatic heterocycles. The summed E-state index contributed by atoms with van der Waals surface area (Å²) in [6.07, 6.45) is 12.9. The second-order valence-electron chi connectivity index (χ2n) is 3.43. The van der Waals surface area contributed by atoms with E-state index in [-0.39, 0.29) is 0 Å². The second-order valence-corrected chi connectivity index (χ2v) is 3.43. The number of nitrogens with two attached hydrogens (primary N) is 1. The molecule has 0 spiro atoms. The molecule has 0 aromatic rings. The molecule has 0 aliphatic rings. The van der Waals surface area contributed by atoms with Gasteiger partial charge in [0.25, 0.3) is 0 Å². The summed E-state index contributed by atoms with van der Waals surface area (Å²) < 4.78 is 0. The second kappa shape index (κ2) is 11.3. The zero-order chi connectivity index (χ0) is 9.78. The van der Waals surface area contributed by atoms with Crippen molar-refractivity contribution in [1.82, 2.24) is 5.32 Å². The van der Waals surface area contributed by atoms with E-state index in [2.05, 4.69) is 12.2 Å². The molecule has 78 valence electrons. The van der Waals surface area contributed by atoms with E-state index in [0.29, 0.717) is 0 Å². The zero-order valence-electron chi connectivity index (χ0n) is 8.89. The van der Waals surface area contributed by atoms with Crippen LogP contribution in [-0.2, 0) is 0 Å². The molecule has 0 fully saturated rings.